The van der Waals surface area contributed by atoms with E-state index in [1.165, 1.54) is 0 Å². The Morgan fingerprint density at radius 1 is 1.15 bits per heavy atom. The van der Waals surface area contributed by atoms with Crippen LogP contribution < -0.4 is 19.5 Å². The molecule has 2 aliphatic rings. The highest BCUT2D eigenvalue weighted by molar-refractivity contribution is 5.90. The average molecular weight is 354 g/mol. The topological polar surface area (TPSA) is 60.0 Å². The van der Waals surface area contributed by atoms with Crippen molar-refractivity contribution in [2.45, 2.75) is 25.4 Å². The number of ether oxygens (including phenoxy) is 3. The van der Waals surface area contributed by atoms with E-state index < -0.39 is 0 Å². The van der Waals surface area contributed by atoms with Crippen molar-refractivity contribution in [2.24, 2.45) is 0 Å². The number of hydrogen-bond donors (Lipinski definition) is 1. The molecule has 6 heteroatoms. The summed E-state index contributed by atoms with van der Waals surface area (Å²) in [6.07, 6.45) is 2.06. The van der Waals surface area contributed by atoms with E-state index in [-0.39, 0.29) is 12.1 Å². The van der Waals surface area contributed by atoms with E-state index in [9.17, 15) is 4.79 Å². The average Bonchev–Trinajstić information content (AvgIpc) is 3.51. The maximum atomic E-state index is 12.9. The second-order valence-electron chi connectivity index (χ2n) is 6.46. The Balaban J connectivity index is 1.49. The molecule has 2 amide bonds. The summed E-state index contributed by atoms with van der Waals surface area (Å²) in [5.41, 5.74) is 1.70. The first-order valence-corrected chi connectivity index (χ1v) is 8.84. The van der Waals surface area contributed by atoms with Gasteiger partial charge in [-0.2, -0.15) is 0 Å². The number of fused-ring (bicyclic) bond motifs is 1. The summed E-state index contributed by atoms with van der Waals surface area (Å²) >= 11 is 0. The van der Waals surface area contributed by atoms with Gasteiger partial charge in [0, 0.05) is 23.4 Å². The Labute approximate surface area is 152 Å². The Morgan fingerprint density at radius 2 is 1.92 bits per heavy atom. The predicted molar refractivity (Wildman–Crippen MR) is 98.0 cm³/mol. The van der Waals surface area contributed by atoms with Gasteiger partial charge in [0.1, 0.15) is 19.0 Å². The zero-order chi connectivity index (χ0) is 17.9. The Morgan fingerprint density at radius 3 is 2.69 bits per heavy atom. The molecular formula is C20H22N2O4. The highest BCUT2D eigenvalue weighted by atomic mass is 16.6. The second-order valence-corrected chi connectivity index (χ2v) is 6.46. The van der Waals surface area contributed by atoms with Crippen LogP contribution in [-0.4, -0.2) is 37.3 Å². The molecule has 0 atom stereocenters. The summed E-state index contributed by atoms with van der Waals surface area (Å²) in [6, 6.07) is 13.4. The number of hydrogen-bond acceptors (Lipinski definition) is 4. The molecule has 0 aromatic heterocycles. The Bertz CT molecular complexity index is 804. The smallest absolute Gasteiger partial charge is 0.322 e. The summed E-state index contributed by atoms with van der Waals surface area (Å²) < 4.78 is 16.5. The van der Waals surface area contributed by atoms with Crippen molar-refractivity contribution in [1.82, 2.24) is 4.90 Å². The molecule has 2 aromatic rings. The third kappa shape index (κ3) is 3.54. The van der Waals surface area contributed by atoms with Gasteiger partial charge < -0.3 is 24.4 Å². The van der Waals surface area contributed by atoms with Gasteiger partial charge >= 0.3 is 6.03 Å². The fourth-order valence-electron chi connectivity index (χ4n) is 3.09. The molecule has 6 nitrogen and oxygen atoms in total. The number of rotatable bonds is 5. The van der Waals surface area contributed by atoms with Crippen molar-refractivity contribution < 1.29 is 19.0 Å². The molecular weight excluding hydrogens is 332 g/mol. The van der Waals surface area contributed by atoms with Crippen LogP contribution in [0.3, 0.4) is 0 Å². The number of anilines is 1. The van der Waals surface area contributed by atoms with E-state index in [2.05, 4.69) is 5.32 Å². The van der Waals surface area contributed by atoms with Gasteiger partial charge in [-0.25, -0.2) is 4.79 Å². The van der Waals surface area contributed by atoms with Crippen LogP contribution >= 0.6 is 0 Å². The van der Waals surface area contributed by atoms with Crippen LogP contribution in [0, 0.1) is 0 Å². The monoisotopic (exact) mass is 354 g/mol. The minimum Gasteiger partial charge on any atom is -0.496 e. The molecule has 0 bridgehead atoms. The summed E-state index contributed by atoms with van der Waals surface area (Å²) in [5.74, 6) is 2.17. The van der Waals surface area contributed by atoms with Gasteiger partial charge in [0.25, 0.3) is 0 Å². The quantitative estimate of drug-likeness (QED) is 0.890. The number of nitrogens with one attached hydrogen (secondary N) is 1. The normalized spacial score (nSPS) is 15.3. The highest BCUT2D eigenvalue weighted by Crippen LogP contribution is 2.34. The van der Waals surface area contributed by atoms with Gasteiger partial charge in [-0.15, -0.1) is 0 Å². The van der Waals surface area contributed by atoms with E-state index in [0.717, 1.165) is 24.2 Å². The highest BCUT2D eigenvalue weighted by Gasteiger charge is 2.33. The lowest BCUT2D eigenvalue weighted by molar-refractivity contribution is 0.171. The molecule has 136 valence electrons. The molecule has 1 heterocycles. The maximum Gasteiger partial charge on any atom is 0.322 e. The molecule has 1 fully saturated rings. The first-order valence-electron chi connectivity index (χ1n) is 8.84. The molecule has 0 saturated heterocycles. The third-order valence-corrected chi connectivity index (χ3v) is 4.58. The van der Waals surface area contributed by atoms with Gasteiger partial charge in [0.15, 0.2) is 11.5 Å². The Hall–Kier alpha value is -2.89. The molecule has 0 spiro atoms. The van der Waals surface area contributed by atoms with Crippen molar-refractivity contribution in [3.8, 4) is 17.2 Å². The van der Waals surface area contributed by atoms with Crippen LogP contribution in [0.15, 0.2) is 42.5 Å². The fourth-order valence-corrected chi connectivity index (χ4v) is 3.09. The van der Waals surface area contributed by atoms with Gasteiger partial charge in [0.05, 0.1) is 13.7 Å². The number of amides is 2. The largest absolute Gasteiger partial charge is 0.496 e. The van der Waals surface area contributed by atoms with E-state index in [0.29, 0.717) is 36.9 Å². The number of carbonyl (C=O) groups excluding carboxylic acids is 1. The van der Waals surface area contributed by atoms with Crippen LogP contribution in [0.5, 0.6) is 17.2 Å². The van der Waals surface area contributed by atoms with Crippen LogP contribution in [0.25, 0.3) is 0 Å². The molecule has 2 aromatic carbocycles. The molecule has 4 rings (SSSR count). The van der Waals surface area contributed by atoms with Gasteiger partial charge in [-0.1, -0.05) is 18.2 Å². The second kappa shape index (κ2) is 7.15. The summed E-state index contributed by atoms with van der Waals surface area (Å²) in [5, 5.41) is 2.98. The molecule has 0 unspecified atom stereocenters. The summed E-state index contributed by atoms with van der Waals surface area (Å²) in [4.78, 5) is 14.7. The van der Waals surface area contributed by atoms with Gasteiger partial charge in [-0.05, 0) is 31.0 Å². The summed E-state index contributed by atoms with van der Waals surface area (Å²) in [6.45, 7) is 1.59. The number of urea groups is 1. The zero-order valence-corrected chi connectivity index (χ0v) is 14.7. The SMILES string of the molecule is COc1ccccc1CN(C(=O)Nc1ccc2c(c1)OCCO2)C1CC1. The van der Waals surface area contributed by atoms with Crippen LogP contribution in [0.2, 0.25) is 0 Å². The van der Waals surface area contributed by atoms with E-state index in [1.54, 1.807) is 13.2 Å². The maximum absolute atomic E-state index is 12.9. The van der Waals surface area contributed by atoms with Crippen molar-refractivity contribution in [3.05, 3.63) is 48.0 Å². The van der Waals surface area contributed by atoms with Gasteiger partial charge in [-0.3, -0.25) is 0 Å². The fraction of sp³-hybridized carbons (Fsp3) is 0.350. The first-order chi connectivity index (χ1) is 12.7. The predicted octanol–water partition coefficient (Wildman–Crippen LogP) is 3.66. The molecule has 1 aliphatic heterocycles. The standard InChI is InChI=1S/C20H22N2O4/c1-24-17-5-3-2-4-14(17)13-22(16-7-8-16)20(23)21-15-6-9-18-19(12-15)26-11-10-25-18/h2-6,9,12,16H,7-8,10-11,13H2,1H3,(H,21,23). The minimum absolute atomic E-state index is 0.116. The molecule has 1 saturated carbocycles. The van der Waals surface area contributed by atoms with Crippen molar-refractivity contribution in [2.75, 3.05) is 25.6 Å². The molecule has 1 aliphatic carbocycles. The lowest BCUT2D eigenvalue weighted by Crippen LogP contribution is -2.36. The van der Waals surface area contributed by atoms with E-state index in [1.807, 2.05) is 41.3 Å². The number of nitrogens with zero attached hydrogens (tertiary/aromatic N) is 1. The first kappa shape index (κ1) is 16.6. The molecule has 26 heavy (non-hydrogen) atoms. The lowest BCUT2D eigenvalue weighted by Gasteiger charge is -2.24. The number of methoxy groups -OCH3 is 1. The molecule has 0 radical (unpaired) electrons. The Kier molecular flexibility index (Phi) is 4.56. The third-order valence-electron chi connectivity index (χ3n) is 4.58. The summed E-state index contributed by atoms with van der Waals surface area (Å²) in [7, 11) is 1.65. The van der Waals surface area contributed by atoms with Crippen LogP contribution in [-0.2, 0) is 6.54 Å². The van der Waals surface area contributed by atoms with Gasteiger partial charge in [0.2, 0.25) is 0 Å². The number of para-hydroxylation sites is 1. The zero-order valence-electron chi connectivity index (χ0n) is 14.7. The van der Waals surface area contributed by atoms with Crippen molar-refractivity contribution >= 4 is 11.7 Å². The van der Waals surface area contributed by atoms with Crippen LogP contribution in [0.1, 0.15) is 18.4 Å². The minimum atomic E-state index is -0.116. The lowest BCUT2D eigenvalue weighted by atomic mass is 10.2. The van der Waals surface area contributed by atoms with Crippen molar-refractivity contribution in [3.63, 3.8) is 0 Å². The number of carbonyl (C=O) groups is 1. The van der Waals surface area contributed by atoms with Crippen LogP contribution in [0.4, 0.5) is 10.5 Å². The molecule has 1 N–H and O–H groups in total. The van der Waals surface area contributed by atoms with E-state index in [4.69, 9.17) is 14.2 Å². The van der Waals surface area contributed by atoms with E-state index >= 15 is 0 Å². The number of benzene rings is 2. The van der Waals surface area contributed by atoms with Crippen molar-refractivity contribution in [1.29, 1.82) is 0 Å².